The smallest absolute Gasteiger partial charge is 0.316 e. The molecule has 0 radical (unpaired) electrons. The molecule has 4 N–H and O–H groups in total. The zero-order valence-electron chi connectivity index (χ0n) is 16.0. The average Bonchev–Trinajstić information content (AvgIpc) is 2.49. The number of aliphatic carboxylic acids is 1. The van der Waals surface area contributed by atoms with Crippen LogP contribution in [0.15, 0.2) is 0 Å². The highest BCUT2D eigenvalue weighted by Gasteiger charge is 2.35. The van der Waals surface area contributed by atoms with E-state index in [2.05, 4.69) is 31.4 Å². The van der Waals surface area contributed by atoms with Crippen LogP contribution in [0.5, 0.6) is 0 Å². The summed E-state index contributed by atoms with van der Waals surface area (Å²) in [6.45, 7) is 9.66. The topological polar surface area (TPSA) is 133 Å². The van der Waals surface area contributed by atoms with Crippen molar-refractivity contribution in [2.24, 2.45) is 11.3 Å². The number of nitrogens with one attached hydrogen (secondary N) is 2. The summed E-state index contributed by atoms with van der Waals surface area (Å²) in [6, 6.07) is -1.16. The lowest BCUT2D eigenvalue weighted by Gasteiger charge is -2.19. The summed E-state index contributed by atoms with van der Waals surface area (Å²) in [6.07, 6.45) is 0.811. The molecule has 0 rings (SSSR count). The van der Waals surface area contributed by atoms with Gasteiger partial charge in [0.2, 0.25) is 11.8 Å². The Morgan fingerprint density at radius 3 is 1.92 bits per heavy atom. The number of carbonyl (C=O) groups excluding carboxylic acids is 3. The lowest BCUT2D eigenvalue weighted by Crippen LogP contribution is -2.51. The molecule has 8 heteroatoms. The fourth-order valence-corrected chi connectivity index (χ4v) is 1.32. The Labute approximate surface area is 149 Å². The predicted molar refractivity (Wildman–Crippen MR) is 93.9 cm³/mol. The van der Waals surface area contributed by atoms with E-state index in [0.29, 0.717) is 6.42 Å². The van der Waals surface area contributed by atoms with E-state index in [1.807, 2.05) is 0 Å². The van der Waals surface area contributed by atoms with Gasteiger partial charge in [-0.3, -0.25) is 19.2 Å². The maximum Gasteiger partial charge on any atom is 0.316 e. The highest BCUT2D eigenvalue weighted by molar-refractivity contribution is 6.04. The van der Waals surface area contributed by atoms with E-state index in [1.54, 1.807) is 6.92 Å². The Balaban J connectivity index is 0. The molecular weight excluding hydrogens is 328 g/mol. The van der Waals surface area contributed by atoms with Crippen molar-refractivity contribution < 1.29 is 29.4 Å². The van der Waals surface area contributed by atoms with E-state index < -0.39 is 42.3 Å². The van der Waals surface area contributed by atoms with Crippen molar-refractivity contribution in [1.82, 2.24) is 10.6 Å². The molecule has 0 aromatic carbocycles. The zero-order chi connectivity index (χ0) is 20.2. The van der Waals surface area contributed by atoms with E-state index >= 15 is 0 Å². The Hall–Kier alpha value is -1.96. The first-order valence-corrected chi connectivity index (χ1v) is 8.34. The van der Waals surface area contributed by atoms with Gasteiger partial charge in [-0.15, -0.1) is 0 Å². The molecule has 146 valence electrons. The number of rotatable bonds is 9. The molecule has 0 saturated carbocycles. The first-order chi connectivity index (χ1) is 11.4. The number of hydrogen-bond acceptors (Lipinski definition) is 5. The number of aliphatic hydroxyl groups excluding tert-OH is 1. The van der Waals surface area contributed by atoms with Crippen LogP contribution in [0, 0.1) is 11.3 Å². The van der Waals surface area contributed by atoms with Crippen LogP contribution in [0.4, 0.5) is 0 Å². The van der Waals surface area contributed by atoms with E-state index in [9.17, 15) is 19.2 Å². The second-order valence-corrected chi connectivity index (χ2v) is 6.86. The molecule has 0 aromatic heterocycles. The van der Waals surface area contributed by atoms with Crippen LogP contribution in [-0.4, -0.2) is 53.0 Å². The van der Waals surface area contributed by atoms with Crippen molar-refractivity contribution in [1.29, 1.82) is 0 Å². The van der Waals surface area contributed by atoms with Crippen LogP contribution in [0.1, 0.15) is 54.4 Å². The van der Waals surface area contributed by atoms with Crippen molar-refractivity contribution in [3.63, 3.8) is 0 Å². The van der Waals surface area contributed by atoms with Gasteiger partial charge in [0.05, 0.1) is 13.2 Å². The van der Waals surface area contributed by atoms with E-state index in [-0.39, 0.29) is 12.3 Å². The van der Waals surface area contributed by atoms with Gasteiger partial charge >= 0.3 is 5.97 Å². The third-order valence-corrected chi connectivity index (χ3v) is 2.97. The fourth-order valence-electron chi connectivity index (χ4n) is 1.32. The van der Waals surface area contributed by atoms with E-state index in [4.69, 9.17) is 10.2 Å². The molecule has 25 heavy (non-hydrogen) atoms. The van der Waals surface area contributed by atoms with Crippen LogP contribution in [0.25, 0.3) is 0 Å². The molecule has 8 nitrogen and oxygen atoms in total. The maximum atomic E-state index is 11.7. The third kappa shape index (κ3) is 11.3. The number of carboxylic acid groups (broad SMARTS) is 1. The molecule has 0 spiro atoms. The molecule has 0 aromatic rings. The fraction of sp³-hybridized carbons (Fsp3) is 0.765. The minimum Gasteiger partial charge on any atom is -0.481 e. The van der Waals surface area contributed by atoms with Gasteiger partial charge in [-0.2, -0.15) is 0 Å². The number of Topliss-reactive ketones (excluding diaryl/α,β-unsaturated/α-hetero) is 1. The summed E-state index contributed by atoms with van der Waals surface area (Å²) in [4.78, 5) is 45.7. The number of amides is 2. The number of aliphatic hydroxyl groups is 1. The SMILES string of the molecule is CC(C)C.CCCC(=O)NC(CO)C(=O)NCC(=O)C(C)(C)C(=O)O. The number of ketones is 1. The second kappa shape index (κ2) is 12.4. The molecule has 2 amide bonds. The van der Waals surface area contributed by atoms with Gasteiger partial charge in [0.1, 0.15) is 11.5 Å². The summed E-state index contributed by atoms with van der Waals surface area (Å²) in [5.74, 6) is -2.27. The van der Waals surface area contributed by atoms with Crippen LogP contribution in [-0.2, 0) is 19.2 Å². The minimum absolute atomic E-state index is 0.217. The lowest BCUT2D eigenvalue weighted by atomic mass is 9.88. The molecule has 1 unspecified atom stereocenters. The molecular formula is C17H32N2O6. The number of hydrogen-bond donors (Lipinski definition) is 4. The van der Waals surface area contributed by atoms with Gasteiger partial charge in [-0.05, 0) is 26.2 Å². The Kier molecular flexibility index (Phi) is 12.5. The van der Waals surface area contributed by atoms with Crippen LogP contribution in [0.3, 0.4) is 0 Å². The van der Waals surface area contributed by atoms with Gasteiger partial charge < -0.3 is 20.8 Å². The largest absolute Gasteiger partial charge is 0.481 e. The molecule has 0 aliphatic heterocycles. The minimum atomic E-state index is -1.62. The normalized spacial score (nSPS) is 11.8. The molecule has 0 aliphatic rings. The molecule has 0 bridgehead atoms. The predicted octanol–water partition coefficient (Wildman–Crippen LogP) is 0.722. The lowest BCUT2D eigenvalue weighted by molar-refractivity contribution is -0.152. The Morgan fingerprint density at radius 2 is 1.56 bits per heavy atom. The van der Waals surface area contributed by atoms with Crippen molar-refractivity contribution >= 4 is 23.6 Å². The van der Waals surface area contributed by atoms with Crippen molar-refractivity contribution in [3.8, 4) is 0 Å². The summed E-state index contributed by atoms with van der Waals surface area (Å²) in [5, 5.41) is 22.5. The highest BCUT2D eigenvalue weighted by atomic mass is 16.4. The first kappa shape index (κ1) is 25.3. The van der Waals surface area contributed by atoms with Crippen LogP contribution in [0.2, 0.25) is 0 Å². The van der Waals surface area contributed by atoms with Gasteiger partial charge in [0.15, 0.2) is 5.78 Å². The molecule has 0 aliphatic carbocycles. The van der Waals surface area contributed by atoms with Crippen molar-refractivity contribution in [2.45, 2.75) is 60.4 Å². The molecule has 0 fully saturated rings. The van der Waals surface area contributed by atoms with E-state index in [0.717, 1.165) is 5.92 Å². The highest BCUT2D eigenvalue weighted by Crippen LogP contribution is 2.15. The average molecular weight is 360 g/mol. The third-order valence-electron chi connectivity index (χ3n) is 2.97. The first-order valence-electron chi connectivity index (χ1n) is 8.34. The zero-order valence-corrected chi connectivity index (χ0v) is 16.0. The Bertz CT molecular complexity index is 457. The molecule has 0 saturated heterocycles. The van der Waals surface area contributed by atoms with Gasteiger partial charge in [0.25, 0.3) is 0 Å². The summed E-state index contributed by atoms with van der Waals surface area (Å²) < 4.78 is 0. The van der Waals surface area contributed by atoms with Crippen LogP contribution >= 0.6 is 0 Å². The summed E-state index contributed by atoms with van der Waals surface area (Å²) in [5.41, 5.74) is -1.62. The molecule has 0 heterocycles. The van der Waals surface area contributed by atoms with E-state index in [1.165, 1.54) is 13.8 Å². The van der Waals surface area contributed by atoms with Crippen LogP contribution < -0.4 is 10.6 Å². The monoisotopic (exact) mass is 360 g/mol. The Morgan fingerprint density at radius 1 is 1.08 bits per heavy atom. The summed E-state index contributed by atoms with van der Waals surface area (Å²) in [7, 11) is 0. The molecule has 1 atom stereocenters. The number of carboxylic acids is 1. The van der Waals surface area contributed by atoms with Crippen molar-refractivity contribution in [2.75, 3.05) is 13.2 Å². The quantitative estimate of drug-likeness (QED) is 0.448. The maximum absolute atomic E-state index is 11.7. The standard InChI is InChI=1S/C13H22N2O6.C4H10/c1-4-5-10(18)15-8(7-16)11(19)14-6-9(17)13(2,3)12(20)21;1-4(2)3/h8,16H,4-7H2,1-3H3,(H,14,19)(H,15,18)(H,20,21);4H,1-3H3. The summed E-state index contributed by atoms with van der Waals surface area (Å²) >= 11 is 0. The van der Waals surface area contributed by atoms with Gasteiger partial charge in [0, 0.05) is 6.42 Å². The second-order valence-electron chi connectivity index (χ2n) is 6.86. The number of carbonyl (C=O) groups is 4. The van der Waals surface area contributed by atoms with Crippen molar-refractivity contribution in [3.05, 3.63) is 0 Å². The van der Waals surface area contributed by atoms with Gasteiger partial charge in [-0.25, -0.2) is 0 Å². The van der Waals surface area contributed by atoms with Gasteiger partial charge in [-0.1, -0.05) is 27.7 Å².